The number of aliphatic imine (C=N–C) groups is 1. The molecule has 8 heteroatoms. The van der Waals surface area contributed by atoms with Gasteiger partial charge in [-0.1, -0.05) is 36.4 Å². The Labute approximate surface area is 203 Å². The maximum absolute atomic E-state index is 11.5. The number of sulfone groups is 1. The molecule has 0 bridgehead atoms. The van der Waals surface area contributed by atoms with Gasteiger partial charge in [0.15, 0.2) is 15.8 Å². The monoisotopic (exact) mass is 559 g/mol. The van der Waals surface area contributed by atoms with E-state index < -0.39 is 9.84 Å². The fourth-order valence-electron chi connectivity index (χ4n) is 2.76. The van der Waals surface area contributed by atoms with Crippen molar-refractivity contribution in [2.45, 2.75) is 50.8 Å². The normalized spacial score (nSPS) is 12.2. The van der Waals surface area contributed by atoms with Gasteiger partial charge in [-0.25, -0.2) is 8.42 Å². The van der Waals surface area contributed by atoms with Gasteiger partial charge in [-0.05, 0) is 56.0 Å². The summed E-state index contributed by atoms with van der Waals surface area (Å²) in [4.78, 5) is 4.60. The first kappa shape index (κ1) is 27.4. The molecular formula is C23H34IN3O3S. The van der Waals surface area contributed by atoms with Crippen molar-refractivity contribution in [2.75, 3.05) is 19.8 Å². The average molecular weight is 560 g/mol. The second-order valence-electron chi connectivity index (χ2n) is 8.24. The van der Waals surface area contributed by atoms with Crippen molar-refractivity contribution >= 4 is 39.8 Å². The summed E-state index contributed by atoms with van der Waals surface area (Å²) in [6, 6.07) is 15.3. The number of hydrogen-bond acceptors (Lipinski definition) is 4. The highest BCUT2D eigenvalue weighted by molar-refractivity contribution is 14.0. The molecule has 0 amide bonds. The number of nitrogens with zero attached hydrogens (tertiary/aromatic N) is 1. The summed E-state index contributed by atoms with van der Waals surface area (Å²) in [5, 5.41) is 6.61. The highest BCUT2D eigenvalue weighted by atomic mass is 127. The summed E-state index contributed by atoms with van der Waals surface area (Å²) in [6.07, 6.45) is 1.98. The predicted molar refractivity (Wildman–Crippen MR) is 138 cm³/mol. The summed E-state index contributed by atoms with van der Waals surface area (Å²) in [6.45, 7) is 8.09. The van der Waals surface area contributed by atoms with Gasteiger partial charge >= 0.3 is 0 Å². The summed E-state index contributed by atoms with van der Waals surface area (Å²) in [5.41, 5.74) is 3.21. The SMILES string of the molecule is CN=C(NCCc1ccc(S(C)(=O)=O)cc1)NCc1cccc(COC(C)(C)C)c1.I. The Morgan fingerprint density at radius 2 is 1.65 bits per heavy atom. The van der Waals surface area contributed by atoms with Crippen LogP contribution in [0, 0.1) is 0 Å². The Morgan fingerprint density at radius 1 is 1.00 bits per heavy atom. The topological polar surface area (TPSA) is 79.8 Å². The van der Waals surface area contributed by atoms with Crippen molar-refractivity contribution < 1.29 is 13.2 Å². The Balaban J connectivity index is 0.00000480. The van der Waals surface area contributed by atoms with Crippen molar-refractivity contribution in [2.24, 2.45) is 4.99 Å². The van der Waals surface area contributed by atoms with E-state index in [1.807, 2.05) is 39.0 Å². The molecule has 0 aliphatic rings. The molecule has 0 saturated heterocycles. The van der Waals surface area contributed by atoms with Gasteiger partial charge in [0.05, 0.1) is 17.1 Å². The molecule has 0 unspecified atom stereocenters. The van der Waals surface area contributed by atoms with Crippen LogP contribution >= 0.6 is 24.0 Å². The molecule has 31 heavy (non-hydrogen) atoms. The lowest BCUT2D eigenvalue weighted by Crippen LogP contribution is -2.37. The van der Waals surface area contributed by atoms with Crippen molar-refractivity contribution in [3.05, 3.63) is 65.2 Å². The summed E-state index contributed by atoms with van der Waals surface area (Å²) >= 11 is 0. The molecule has 172 valence electrons. The molecule has 2 aromatic rings. The first-order chi connectivity index (χ1) is 14.1. The minimum absolute atomic E-state index is 0. The molecule has 0 aliphatic heterocycles. The van der Waals surface area contributed by atoms with E-state index in [4.69, 9.17) is 4.74 Å². The van der Waals surface area contributed by atoms with E-state index in [0.29, 0.717) is 24.6 Å². The Morgan fingerprint density at radius 3 is 2.23 bits per heavy atom. The molecular weight excluding hydrogens is 525 g/mol. The minimum atomic E-state index is -3.16. The van der Waals surface area contributed by atoms with Gasteiger partial charge in [-0.2, -0.15) is 0 Å². The molecule has 0 fully saturated rings. The summed E-state index contributed by atoms with van der Waals surface area (Å²) in [5.74, 6) is 0.721. The molecule has 0 radical (unpaired) electrons. The zero-order chi connectivity index (χ0) is 22.2. The maximum Gasteiger partial charge on any atom is 0.191 e. The zero-order valence-corrected chi connectivity index (χ0v) is 22.1. The quantitative estimate of drug-likeness (QED) is 0.291. The van der Waals surface area contributed by atoms with Crippen molar-refractivity contribution in [1.29, 1.82) is 0 Å². The van der Waals surface area contributed by atoms with Crippen molar-refractivity contribution in [3.63, 3.8) is 0 Å². The third kappa shape index (κ3) is 10.5. The van der Waals surface area contributed by atoms with Crippen molar-refractivity contribution in [1.82, 2.24) is 10.6 Å². The van der Waals surface area contributed by atoms with Crippen LogP contribution < -0.4 is 10.6 Å². The van der Waals surface area contributed by atoms with Crippen LogP contribution in [0.5, 0.6) is 0 Å². The first-order valence-corrected chi connectivity index (χ1v) is 11.9. The summed E-state index contributed by atoms with van der Waals surface area (Å²) in [7, 11) is -1.42. The zero-order valence-electron chi connectivity index (χ0n) is 18.9. The molecule has 0 aliphatic carbocycles. The summed E-state index contributed by atoms with van der Waals surface area (Å²) < 4.78 is 28.9. The van der Waals surface area contributed by atoms with Crippen LogP contribution in [0.15, 0.2) is 58.4 Å². The number of benzene rings is 2. The smallest absolute Gasteiger partial charge is 0.191 e. The average Bonchev–Trinajstić information content (AvgIpc) is 2.68. The molecule has 2 rings (SSSR count). The van der Waals surface area contributed by atoms with Crippen LogP contribution in [-0.4, -0.2) is 39.8 Å². The van der Waals surface area contributed by atoms with Crippen molar-refractivity contribution in [3.8, 4) is 0 Å². The third-order valence-corrected chi connectivity index (χ3v) is 5.53. The number of halogens is 1. The fourth-order valence-corrected chi connectivity index (χ4v) is 3.39. The van der Waals surface area contributed by atoms with Crippen LogP contribution in [0.2, 0.25) is 0 Å². The molecule has 6 nitrogen and oxygen atoms in total. The second kappa shape index (κ2) is 12.4. The van der Waals surface area contributed by atoms with E-state index in [1.54, 1.807) is 19.2 Å². The Bertz CT molecular complexity index is 953. The number of guanidine groups is 1. The van der Waals surface area contributed by atoms with Gasteiger partial charge in [0.2, 0.25) is 0 Å². The fraction of sp³-hybridized carbons (Fsp3) is 0.435. The number of rotatable bonds is 8. The second-order valence-corrected chi connectivity index (χ2v) is 10.3. The Hall–Kier alpha value is -1.65. The number of ether oxygens (including phenoxy) is 1. The minimum Gasteiger partial charge on any atom is -0.371 e. The molecule has 0 aromatic heterocycles. The molecule has 0 saturated carbocycles. The van der Waals surface area contributed by atoms with Gasteiger partial charge in [-0.3, -0.25) is 4.99 Å². The van der Waals surface area contributed by atoms with E-state index in [1.165, 1.54) is 6.26 Å². The van der Waals surface area contributed by atoms with Gasteiger partial charge < -0.3 is 15.4 Å². The number of nitrogens with one attached hydrogen (secondary N) is 2. The largest absolute Gasteiger partial charge is 0.371 e. The third-order valence-electron chi connectivity index (χ3n) is 4.40. The molecule has 0 spiro atoms. The number of hydrogen-bond donors (Lipinski definition) is 2. The van der Waals surface area contributed by atoms with E-state index in [0.717, 1.165) is 29.1 Å². The van der Waals surface area contributed by atoms with Crippen LogP contribution in [0.1, 0.15) is 37.5 Å². The van der Waals surface area contributed by atoms with E-state index >= 15 is 0 Å². The van der Waals surface area contributed by atoms with E-state index in [9.17, 15) is 8.42 Å². The highest BCUT2D eigenvalue weighted by Crippen LogP contribution is 2.13. The highest BCUT2D eigenvalue weighted by Gasteiger charge is 2.10. The lowest BCUT2D eigenvalue weighted by molar-refractivity contribution is -0.0149. The van der Waals surface area contributed by atoms with Gasteiger partial charge in [0, 0.05) is 26.4 Å². The van der Waals surface area contributed by atoms with E-state index in [-0.39, 0.29) is 29.6 Å². The molecule has 0 heterocycles. The standard InChI is InChI=1S/C23H33N3O3S.HI/c1-23(2,3)29-17-20-8-6-7-19(15-20)16-26-22(24-4)25-14-13-18-9-11-21(12-10-18)30(5,27)28;/h6-12,15H,13-14,16-17H2,1-5H3,(H2,24,25,26);1H. The molecule has 2 aromatic carbocycles. The Kier molecular flexibility index (Phi) is 11.0. The molecule has 0 atom stereocenters. The van der Waals surface area contributed by atoms with Gasteiger partial charge in [0.25, 0.3) is 0 Å². The van der Waals surface area contributed by atoms with Crippen LogP contribution in [0.3, 0.4) is 0 Å². The van der Waals surface area contributed by atoms with Crippen LogP contribution in [0.4, 0.5) is 0 Å². The maximum atomic E-state index is 11.5. The van der Waals surface area contributed by atoms with E-state index in [2.05, 4.69) is 33.8 Å². The first-order valence-electron chi connectivity index (χ1n) is 10.0. The predicted octanol–water partition coefficient (Wildman–Crippen LogP) is 3.93. The van der Waals surface area contributed by atoms with Gasteiger partial charge in [0.1, 0.15) is 0 Å². The van der Waals surface area contributed by atoms with Gasteiger partial charge in [-0.15, -0.1) is 24.0 Å². The van der Waals surface area contributed by atoms with Crippen LogP contribution in [0.25, 0.3) is 0 Å². The lowest BCUT2D eigenvalue weighted by atomic mass is 10.1. The molecule has 2 N–H and O–H groups in total. The lowest BCUT2D eigenvalue weighted by Gasteiger charge is -2.19. The van der Waals surface area contributed by atoms with Crippen LogP contribution in [-0.2, 0) is 34.1 Å².